The average molecular weight is 388 g/mol. The molecule has 0 unspecified atom stereocenters. The van der Waals surface area contributed by atoms with Crippen molar-refractivity contribution in [1.29, 1.82) is 0 Å². The number of nitrogens with zero attached hydrogens (tertiary/aromatic N) is 1. The second kappa shape index (κ2) is 5.90. The lowest BCUT2D eigenvalue weighted by molar-refractivity contribution is -0.384. The van der Waals surface area contributed by atoms with Crippen LogP contribution in [0.5, 0.6) is 0 Å². The van der Waals surface area contributed by atoms with Crippen molar-refractivity contribution in [3.05, 3.63) is 55.5 Å². The summed E-state index contributed by atoms with van der Waals surface area (Å²) in [6.07, 6.45) is 0. The van der Waals surface area contributed by atoms with E-state index >= 15 is 0 Å². The first kappa shape index (κ1) is 14.3. The van der Waals surface area contributed by atoms with Gasteiger partial charge in [-0.3, -0.25) is 10.1 Å². The molecule has 0 aliphatic carbocycles. The molecule has 2 aromatic rings. The van der Waals surface area contributed by atoms with Gasteiger partial charge in [-0.1, -0.05) is 0 Å². The van der Waals surface area contributed by atoms with Gasteiger partial charge in [-0.25, -0.2) is 4.79 Å². The minimum Gasteiger partial charge on any atom is -0.475 e. The molecule has 0 radical (unpaired) electrons. The molecule has 20 heavy (non-hydrogen) atoms. The number of aromatic carboxylic acids is 1. The van der Waals surface area contributed by atoms with Crippen molar-refractivity contribution in [2.45, 2.75) is 6.54 Å². The van der Waals surface area contributed by atoms with E-state index in [1.54, 1.807) is 12.1 Å². The SMILES string of the molecule is O=C(O)c1ccc(CNc2ccc([N+](=O)[O-])cc2I)o1. The van der Waals surface area contributed by atoms with Gasteiger partial charge < -0.3 is 14.8 Å². The van der Waals surface area contributed by atoms with Gasteiger partial charge in [0.2, 0.25) is 5.76 Å². The summed E-state index contributed by atoms with van der Waals surface area (Å²) in [5.74, 6) is -0.780. The highest BCUT2D eigenvalue weighted by molar-refractivity contribution is 14.1. The summed E-state index contributed by atoms with van der Waals surface area (Å²) in [5, 5.41) is 22.4. The third-order valence-electron chi connectivity index (χ3n) is 2.49. The van der Waals surface area contributed by atoms with Gasteiger partial charge >= 0.3 is 5.97 Å². The summed E-state index contributed by atoms with van der Waals surface area (Å²) in [6.45, 7) is 0.293. The Morgan fingerprint density at radius 1 is 1.40 bits per heavy atom. The maximum atomic E-state index is 10.7. The fourth-order valence-electron chi connectivity index (χ4n) is 1.53. The Morgan fingerprint density at radius 3 is 2.70 bits per heavy atom. The van der Waals surface area contributed by atoms with Crippen molar-refractivity contribution < 1.29 is 19.2 Å². The predicted octanol–water partition coefficient (Wildman–Crippen LogP) is 3.10. The Hall–Kier alpha value is -2.10. The molecule has 2 rings (SSSR count). The number of carboxylic acids is 1. The number of anilines is 1. The van der Waals surface area contributed by atoms with Crippen molar-refractivity contribution in [2.75, 3.05) is 5.32 Å². The van der Waals surface area contributed by atoms with Gasteiger partial charge in [-0.15, -0.1) is 0 Å². The largest absolute Gasteiger partial charge is 0.475 e. The molecule has 8 heteroatoms. The predicted molar refractivity (Wildman–Crippen MR) is 78.8 cm³/mol. The van der Waals surface area contributed by atoms with Crippen LogP contribution in [0.1, 0.15) is 16.3 Å². The molecule has 0 amide bonds. The standard InChI is InChI=1S/C12H9IN2O5/c13-9-5-7(15(18)19)1-3-10(9)14-6-8-2-4-11(20-8)12(16)17/h1-5,14H,6H2,(H,16,17). The minimum atomic E-state index is -1.12. The van der Waals surface area contributed by atoms with E-state index in [0.717, 1.165) is 0 Å². The number of furan rings is 1. The molecule has 1 heterocycles. The topological polar surface area (TPSA) is 106 Å². The van der Waals surface area contributed by atoms with E-state index in [2.05, 4.69) is 5.32 Å². The first-order chi connectivity index (χ1) is 9.47. The van der Waals surface area contributed by atoms with Gasteiger partial charge in [0.25, 0.3) is 5.69 Å². The summed E-state index contributed by atoms with van der Waals surface area (Å²) < 4.78 is 5.79. The molecule has 0 saturated carbocycles. The number of carboxylic acid groups (broad SMARTS) is 1. The lowest BCUT2D eigenvalue weighted by Gasteiger charge is -2.06. The number of nitro benzene ring substituents is 1. The number of nitrogens with one attached hydrogen (secondary N) is 1. The smallest absolute Gasteiger partial charge is 0.371 e. The van der Waals surface area contributed by atoms with E-state index in [0.29, 0.717) is 21.6 Å². The van der Waals surface area contributed by atoms with E-state index < -0.39 is 10.9 Å². The molecular weight excluding hydrogens is 379 g/mol. The first-order valence-corrected chi connectivity index (χ1v) is 6.55. The normalized spacial score (nSPS) is 10.2. The van der Waals surface area contributed by atoms with Crippen molar-refractivity contribution >= 4 is 39.9 Å². The fraction of sp³-hybridized carbons (Fsp3) is 0.0833. The molecule has 0 saturated heterocycles. The molecule has 2 N–H and O–H groups in total. The molecule has 0 spiro atoms. The van der Waals surface area contributed by atoms with Crippen LogP contribution in [0.2, 0.25) is 0 Å². The third kappa shape index (κ3) is 3.26. The molecule has 0 aliphatic heterocycles. The number of hydrogen-bond acceptors (Lipinski definition) is 5. The summed E-state index contributed by atoms with van der Waals surface area (Å²) in [5.41, 5.74) is 0.732. The molecular formula is C12H9IN2O5. The van der Waals surface area contributed by atoms with E-state index in [9.17, 15) is 14.9 Å². The minimum absolute atomic E-state index is 0.0195. The van der Waals surface area contributed by atoms with Crippen LogP contribution in [-0.2, 0) is 6.54 Å². The van der Waals surface area contributed by atoms with Gasteiger partial charge in [0.15, 0.2) is 0 Å². The summed E-state index contributed by atoms with van der Waals surface area (Å²) in [6, 6.07) is 7.39. The van der Waals surface area contributed by atoms with Crippen molar-refractivity contribution in [3.8, 4) is 0 Å². The Labute approximate surface area is 126 Å². The van der Waals surface area contributed by atoms with Crippen LogP contribution < -0.4 is 5.32 Å². The van der Waals surface area contributed by atoms with Gasteiger partial charge in [-0.05, 0) is 40.8 Å². The van der Waals surface area contributed by atoms with Gasteiger partial charge in [0, 0.05) is 21.4 Å². The molecule has 104 valence electrons. The van der Waals surface area contributed by atoms with Crippen LogP contribution in [0, 0.1) is 13.7 Å². The molecule has 7 nitrogen and oxygen atoms in total. The number of carbonyl (C=O) groups is 1. The highest BCUT2D eigenvalue weighted by Gasteiger charge is 2.11. The Bertz CT molecular complexity index is 668. The maximum Gasteiger partial charge on any atom is 0.371 e. The monoisotopic (exact) mass is 388 g/mol. The quantitative estimate of drug-likeness (QED) is 0.463. The maximum absolute atomic E-state index is 10.7. The van der Waals surface area contributed by atoms with E-state index in [1.165, 1.54) is 18.2 Å². The number of hydrogen-bond donors (Lipinski definition) is 2. The van der Waals surface area contributed by atoms with Crippen LogP contribution in [0.25, 0.3) is 0 Å². The molecule has 0 atom stereocenters. The second-order valence-electron chi connectivity index (χ2n) is 3.85. The lowest BCUT2D eigenvalue weighted by atomic mass is 10.3. The van der Waals surface area contributed by atoms with Crippen LogP contribution in [-0.4, -0.2) is 16.0 Å². The van der Waals surface area contributed by atoms with Crippen LogP contribution in [0.15, 0.2) is 34.7 Å². The van der Waals surface area contributed by atoms with Crippen molar-refractivity contribution in [1.82, 2.24) is 0 Å². The molecule has 1 aromatic heterocycles. The summed E-state index contributed by atoms with van der Waals surface area (Å²) in [4.78, 5) is 20.8. The zero-order valence-corrected chi connectivity index (χ0v) is 12.2. The number of halogens is 1. The van der Waals surface area contributed by atoms with Crippen LogP contribution >= 0.6 is 22.6 Å². The summed E-state index contributed by atoms with van der Waals surface area (Å²) >= 11 is 1.99. The Kier molecular flexibility index (Phi) is 4.23. The number of nitro groups is 1. The van der Waals surface area contributed by atoms with Gasteiger partial charge in [0.05, 0.1) is 11.5 Å². The first-order valence-electron chi connectivity index (χ1n) is 5.47. The van der Waals surface area contributed by atoms with Gasteiger partial charge in [0.1, 0.15) is 5.76 Å². The Morgan fingerprint density at radius 2 is 2.15 bits per heavy atom. The van der Waals surface area contributed by atoms with Crippen molar-refractivity contribution in [2.24, 2.45) is 0 Å². The van der Waals surface area contributed by atoms with Gasteiger partial charge in [-0.2, -0.15) is 0 Å². The lowest BCUT2D eigenvalue weighted by Crippen LogP contribution is -2.01. The van der Waals surface area contributed by atoms with E-state index in [4.69, 9.17) is 9.52 Å². The zero-order chi connectivity index (χ0) is 14.7. The average Bonchev–Trinajstić information content (AvgIpc) is 2.86. The van der Waals surface area contributed by atoms with E-state index in [-0.39, 0.29) is 11.4 Å². The van der Waals surface area contributed by atoms with Crippen molar-refractivity contribution in [3.63, 3.8) is 0 Å². The number of rotatable bonds is 5. The molecule has 1 aromatic carbocycles. The molecule has 0 bridgehead atoms. The molecule has 0 aliphatic rings. The van der Waals surface area contributed by atoms with Crippen LogP contribution in [0.3, 0.4) is 0 Å². The molecule has 0 fully saturated rings. The number of non-ortho nitro benzene ring substituents is 1. The number of benzene rings is 1. The zero-order valence-electron chi connectivity index (χ0n) is 10.00. The third-order valence-corrected chi connectivity index (χ3v) is 3.38. The Balaban J connectivity index is 2.06. The highest BCUT2D eigenvalue weighted by atomic mass is 127. The van der Waals surface area contributed by atoms with E-state index in [1.807, 2.05) is 22.6 Å². The highest BCUT2D eigenvalue weighted by Crippen LogP contribution is 2.24. The fourth-order valence-corrected chi connectivity index (χ4v) is 2.22. The van der Waals surface area contributed by atoms with Crippen LogP contribution in [0.4, 0.5) is 11.4 Å². The summed E-state index contributed by atoms with van der Waals surface area (Å²) in [7, 11) is 0. The second-order valence-corrected chi connectivity index (χ2v) is 5.01.